The second-order valence-electron chi connectivity index (χ2n) is 4.92. The van der Waals surface area contributed by atoms with Crippen LogP contribution in [0.5, 0.6) is 0 Å². The molecule has 0 spiro atoms. The Labute approximate surface area is 128 Å². The normalized spacial score (nSPS) is 15.6. The first-order chi connectivity index (χ1) is 9.75. The molecule has 1 heterocycles. The molecule has 1 fully saturated rings. The van der Waals surface area contributed by atoms with Gasteiger partial charge in [-0.25, -0.2) is 0 Å². The van der Waals surface area contributed by atoms with Crippen LogP contribution in [0.3, 0.4) is 0 Å². The van der Waals surface area contributed by atoms with Crippen LogP contribution in [0.2, 0.25) is 5.02 Å². The van der Waals surface area contributed by atoms with E-state index in [4.69, 9.17) is 11.6 Å². The summed E-state index contributed by atoms with van der Waals surface area (Å²) in [6, 6.07) is 11.9. The molecule has 20 heavy (non-hydrogen) atoms. The Morgan fingerprint density at radius 1 is 1.10 bits per heavy atom. The van der Waals surface area contributed by atoms with Crippen molar-refractivity contribution in [1.29, 1.82) is 0 Å². The highest BCUT2D eigenvalue weighted by Crippen LogP contribution is 2.27. The zero-order valence-electron chi connectivity index (χ0n) is 11.1. The van der Waals surface area contributed by atoms with Crippen molar-refractivity contribution in [2.45, 2.75) is 6.42 Å². The Hall–Kier alpha value is -1.19. The summed E-state index contributed by atoms with van der Waals surface area (Å²) >= 11 is 8.13. The average Bonchev–Trinajstić information content (AvgIpc) is 2.51. The van der Waals surface area contributed by atoms with Gasteiger partial charge < -0.3 is 4.90 Å². The van der Waals surface area contributed by atoms with Crippen LogP contribution >= 0.6 is 23.4 Å². The maximum Gasteiger partial charge on any atom is 0.227 e. The maximum absolute atomic E-state index is 12.4. The van der Waals surface area contributed by atoms with Crippen molar-refractivity contribution in [3.63, 3.8) is 0 Å². The van der Waals surface area contributed by atoms with E-state index in [-0.39, 0.29) is 5.91 Å². The van der Waals surface area contributed by atoms with Crippen molar-refractivity contribution in [1.82, 2.24) is 4.90 Å². The lowest BCUT2D eigenvalue weighted by Gasteiger charge is -2.26. The van der Waals surface area contributed by atoms with Gasteiger partial charge in [0.1, 0.15) is 0 Å². The molecule has 104 valence electrons. The fourth-order valence-corrected chi connectivity index (χ4v) is 3.70. The van der Waals surface area contributed by atoms with Crippen LogP contribution in [0.15, 0.2) is 36.4 Å². The lowest BCUT2D eigenvalue weighted by molar-refractivity contribution is -0.130. The van der Waals surface area contributed by atoms with Crippen LogP contribution in [-0.4, -0.2) is 35.4 Å². The molecule has 3 rings (SSSR count). The van der Waals surface area contributed by atoms with Gasteiger partial charge in [-0.1, -0.05) is 41.9 Å². The van der Waals surface area contributed by atoms with Crippen molar-refractivity contribution in [2.24, 2.45) is 0 Å². The number of carbonyl (C=O) groups is 1. The highest BCUT2D eigenvalue weighted by Gasteiger charge is 2.18. The highest BCUT2D eigenvalue weighted by molar-refractivity contribution is 7.99. The standard InChI is InChI=1S/C16H16ClNOS/c17-15-6-5-12(13-3-1-2-4-14(13)15)11-16(19)18-7-9-20-10-8-18/h1-6H,7-11H2. The van der Waals surface area contributed by atoms with Crippen molar-refractivity contribution in [3.05, 3.63) is 47.0 Å². The van der Waals surface area contributed by atoms with Crippen LogP contribution in [0.4, 0.5) is 0 Å². The van der Waals surface area contributed by atoms with E-state index in [2.05, 4.69) is 0 Å². The van der Waals surface area contributed by atoms with Crippen LogP contribution in [0.25, 0.3) is 10.8 Å². The zero-order chi connectivity index (χ0) is 13.9. The van der Waals surface area contributed by atoms with E-state index < -0.39 is 0 Å². The van der Waals surface area contributed by atoms with E-state index in [1.807, 2.05) is 53.1 Å². The van der Waals surface area contributed by atoms with Gasteiger partial charge in [0, 0.05) is 35.0 Å². The molecular formula is C16H16ClNOS. The van der Waals surface area contributed by atoms with E-state index in [0.717, 1.165) is 46.0 Å². The van der Waals surface area contributed by atoms with Crippen molar-refractivity contribution in [3.8, 4) is 0 Å². The lowest BCUT2D eigenvalue weighted by atomic mass is 10.0. The zero-order valence-corrected chi connectivity index (χ0v) is 12.7. The SMILES string of the molecule is O=C(Cc1ccc(Cl)c2ccccc12)N1CCSCC1. The van der Waals surface area contributed by atoms with E-state index in [1.54, 1.807) is 0 Å². The smallest absolute Gasteiger partial charge is 0.227 e. The van der Waals surface area contributed by atoms with Gasteiger partial charge in [-0.15, -0.1) is 0 Å². The van der Waals surface area contributed by atoms with Crippen LogP contribution < -0.4 is 0 Å². The van der Waals surface area contributed by atoms with E-state index in [9.17, 15) is 4.79 Å². The summed E-state index contributed by atoms with van der Waals surface area (Å²) < 4.78 is 0. The molecule has 1 saturated heterocycles. The molecule has 0 aliphatic carbocycles. The quantitative estimate of drug-likeness (QED) is 0.845. The molecule has 0 unspecified atom stereocenters. The fourth-order valence-electron chi connectivity index (χ4n) is 2.57. The number of rotatable bonds is 2. The largest absolute Gasteiger partial charge is 0.341 e. The minimum Gasteiger partial charge on any atom is -0.341 e. The fraction of sp³-hybridized carbons (Fsp3) is 0.312. The maximum atomic E-state index is 12.4. The molecule has 0 bridgehead atoms. The molecule has 0 radical (unpaired) electrons. The lowest BCUT2D eigenvalue weighted by Crippen LogP contribution is -2.38. The summed E-state index contributed by atoms with van der Waals surface area (Å²) in [5.74, 6) is 2.32. The van der Waals surface area contributed by atoms with Crippen LogP contribution in [0, 0.1) is 0 Å². The van der Waals surface area contributed by atoms with Crippen LogP contribution in [0.1, 0.15) is 5.56 Å². The Kier molecular flexibility index (Phi) is 4.18. The number of hydrogen-bond acceptors (Lipinski definition) is 2. The summed E-state index contributed by atoms with van der Waals surface area (Å²) in [7, 11) is 0. The summed E-state index contributed by atoms with van der Waals surface area (Å²) in [6.45, 7) is 1.74. The van der Waals surface area contributed by atoms with Gasteiger partial charge in [0.05, 0.1) is 6.42 Å². The number of carbonyl (C=O) groups excluding carboxylic acids is 1. The molecule has 2 nitrogen and oxygen atoms in total. The minimum absolute atomic E-state index is 0.220. The van der Waals surface area contributed by atoms with Gasteiger partial charge in [-0.05, 0) is 17.0 Å². The predicted octanol–water partition coefficient (Wildman–Crippen LogP) is 3.61. The van der Waals surface area contributed by atoms with E-state index in [1.165, 1.54) is 0 Å². The van der Waals surface area contributed by atoms with Gasteiger partial charge >= 0.3 is 0 Å². The molecular weight excluding hydrogens is 290 g/mol. The third-order valence-electron chi connectivity index (χ3n) is 3.67. The van der Waals surface area contributed by atoms with Gasteiger partial charge in [0.15, 0.2) is 0 Å². The number of benzene rings is 2. The number of hydrogen-bond donors (Lipinski definition) is 0. The van der Waals surface area contributed by atoms with Crippen molar-refractivity contribution in [2.75, 3.05) is 24.6 Å². The van der Waals surface area contributed by atoms with E-state index >= 15 is 0 Å². The van der Waals surface area contributed by atoms with E-state index in [0.29, 0.717) is 6.42 Å². The van der Waals surface area contributed by atoms with Gasteiger partial charge in [0.25, 0.3) is 0 Å². The summed E-state index contributed by atoms with van der Waals surface area (Å²) in [5.41, 5.74) is 1.06. The van der Waals surface area contributed by atoms with Crippen LogP contribution in [-0.2, 0) is 11.2 Å². The number of halogens is 1. The number of fused-ring (bicyclic) bond motifs is 1. The monoisotopic (exact) mass is 305 g/mol. The molecule has 1 amide bonds. The number of nitrogens with zero attached hydrogens (tertiary/aromatic N) is 1. The second kappa shape index (κ2) is 6.06. The predicted molar refractivity (Wildman–Crippen MR) is 86.6 cm³/mol. The molecule has 0 aromatic heterocycles. The second-order valence-corrected chi connectivity index (χ2v) is 6.55. The first kappa shape index (κ1) is 13.8. The molecule has 1 aliphatic heterocycles. The molecule has 2 aromatic carbocycles. The summed E-state index contributed by atoms with van der Waals surface area (Å²) in [5, 5.41) is 2.85. The molecule has 2 aromatic rings. The molecule has 0 saturated carbocycles. The molecule has 4 heteroatoms. The Morgan fingerprint density at radius 3 is 2.55 bits per heavy atom. The van der Waals surface area contributed by atoms with Gasteiger partial charge in [0.2, 0.25) is 5.91 Å². The first-order valence-electron chi connectivity index (χ1n) is 6.77. The molecule has 0 N–H and O–H groups in total. The highest BCUT2D eigenvalue weighted by atomic mass is 35.5. The average molecular weight is 306 g/mol. The third-order valence-corrected chi connectivity index (χ3v) is 4.94. The minimum atomic E-state index is 0.220. The Morgan fingerprint density at radius 2 is 1.80 bits per heavy atom. The topological polar surface area (TPSA) is 20.3 Å². The molecule has 1 aliphatic rings. The number of thioether (sulfide) groups is 1. The number of amides is 1. The van der Waals surface area contributed by atoms with Gasteiger partial charge in [-0.3, -0.25) is 4.79 Å². The van der Waals surface area contributed by atoms with Crippen molar-refractivity contribution < 1.29 is 4.79 Å². The third kappa shape index (κ3) is 2.79. The van der Waals surface area contributed by atoms with Crippen molar-refractivity contribution >= 4 is 40.0 Å². The summed E-state index contributed by atoms with van der Waals surface area (Å²) in [4.78, 5) is 14.4. The summed E-state index contributed by atoms with van der Waals surface area (Å²) in [6.07, 6.45) is 0.461. The Balaban J connectivity index is 1.87. The Bertz CT molecular complexity index is 637. The molecule has 0 atom stereocenters. The first-order valence-corrected chi connectivity index (χ1v) is 8.30. The van der Waals surface area contributed by atoms with Gasteiger partial charge in [-0.2, -0.15) is 11.8 Å².